The van der Waals surface area contributed by atoms with Crippen LogP contribution in [0.1, 0.15) is 71.0 Å². The lowest BCUT2D eigenvalue weighted by molar-refractivity contribution is -0.141. The summed E-state index contributed by atoms with van der Waals surface area (Å²) in [6.45, 7) is 11.5. The molecule has 0 bridgehead atoms. The highest BCUT2D eigenvalue weighted by molar-refractivity contribution is 6.74. The Kier molecular flexibility index (Phi) is 6.91. The third kappa shape index (κ3) is 5.31. The van der Waals surface area contributed by atoms with Gasteiger partial charge in [-0.3, -0.25) is 4.79 Å². The Morgan fingerprint density at radius 3 is 2.55 bits per heavy atom. The van der Waals surface area contributed by atoms with E-state index in [4.69, 9.17) is 9.16 Å². The second-order valence-corrected chi connectivity index (χ2v) is 15.2. The van der Waals surface area contributed by atoms with Gasteiger partial charge in [-0.05, 0) is 42.5 Å². The van der Waals surface area contributed by atoms with Crippen molar-refractivity contribution in [1.82, 2.24) is 0 Å². The molecule has 3 rings (SSSR count). The van der Waals surface area contributed by atoms with Crippen LogP contribution in [-0.2, 0) is 14.0 Å². The molecule has 1 heterocycles. The van der Waals surface area contributed by atoms with Gasteiger partial charge in [-0.15, -0.1) is 0 Å². The van der Waals surface area contributed by atoms with E-state index >= 15 is 0 Å². The van der Waals surface area contributed by atoms with E-state index in [1.165, 1.54) is 5.56 Å². The summed E-state index contributed by atoms with van der Waals surface area (Å²) >= 11 is 0. The first-order chi connectivity index (χ1) is 13.6. The second-order valence-electron chi connectivity index (χ2n) is 10.4. The summed E-state index contributed by atoms with van der Waals surface area (Å²) < 4.78 is 12.2. The number of fused-ring (bicyclic) bond motifs is 1. The number of benzene rings is 1. The number of esters is 1. The fourth-order valence-electron chi connectivity index (χ4n) is 4.59. The highest BCUT2D eigenvalue weighted by atomic mass is 28.4. The van der Waals surface area contributed by atoms with Gasteiger partial charge in [0.2, 0.25) is 0 Å². The van der Waals surface area contributed by atoms with Crippen LogP contribution in [0, 0.1) is 11.8 Å². The Hall–Kier alpha value is -1.17. The van der Waals surface area contributed by atoms with Crippen molar-refractivity contribution in [3.63, 3.8) is 0 Å². The van der Waals surface area contributed by atoms with Gasteiger partial charge in [-0.2, -0.15) is 0 Å². The zero-order valence-corrected chi connectivity index (χ0v) is 19.7. The molecule has 1 aliphatic carbocycles. The molecule has 5 heteroatoms. The van der Waals surface area contributed by atoms with Gasteiger partial charge in [0, 0.05) is 12.3 Å². The SMILES string of the molecule is CC(C)(C)[Si](C)(C)OC(CCCC[C@@H]1[C@H]2CC(=O)O[C@H]2C[C@H]1O)c1ccccc1. The summed E-state index contributed by atoms with van der Waals surface area (Å²) in [6, 6.07) is 10.6. The average Bonchev–Trinajstić information content (AvgIpc) is 3.12. The predicted octanol–water partition coefficient (Wildman–Crippen LogP) is 5.62. The monoisotopic (exact) mass is 418 g/mol. The molecule has 0 amide bonds. The lowest BCUT2D eigenvalue weighted by Crippen LogP contribution is -2.41. The summed E-state index contributed by atoms with van der Waals surface area (Å²) in [6.07, 6.45) is 4.88. The smallest absolute Gasteiger partial charge is 0.306 e. The fraction of sp³-hybridized carbons (Fsp3) is 0.708. The van der Waals surface area contributed by atoms with Crippen LogP contribution < -0.4 is 0 Å². The van der Waals surface area contributed by atoms with Crippen molar-refractivity contribution in [3.05, 3.63) is 35.9 Å². The molecular weight excluding hydrogens is 380 g/mol. The number of aliphatic hydroxyl groups is 1. The summed E-state index contributed by atoms with van der Waals surface area (Å²) in [5.41, 5.74) is 1.26. The first kappa shape index (κ1) is 22.5. The Bertz CT molecular complexity index is 682. The number of aliphatic hydroxyl groups excluding tert-OH is 1. The molecule has 162 valence electrons. The van der Waals surface area contributed by atoms with Crippen molar-refractivity contribution >= 4 is 14.3 Å². The zero-order chi connectivity index (χ0) is 21.2. The van der Waals surface area contributed by atoms with Gasteiger partial charge in [0.1, 0.15) is 6.10 Å². The van der Waals surface area contributed by atoms with Crippen LogP contribution in [-0.4, -0.2) is 31.6 Å². The van der Waals surface area contributed by atoms with E-state index in [9.17, 15) is 9.90 Å². The average molecular weight is 419 g/mol. The molecule has 2 aliphatic rings. The van der Waals surface area contributed by atoms with E-state index in [1.807, 2.05) is 0 Å². The molecule has 2 fully saturated rings. The number of hydrogen-bond acceptors (Lipinski definition) is 4. The summed E-state index contributed by atoms with van der Waals surface area (Å²) in [7, 11) is -1.87. The molecular formula is C24H38O4Si. The Morgan fingerprint density at radius 2 is 1.90 bits per heavy atom. The highest BCUT2D eigenvalue weighted by Crippen LogP contribution is 2.44. The van der Waals surface area contributed by atoms with Crippen molar-refractivity contribution in [1.29, 1.82) is 0 Å². The first-order valence-electron chi connectivity index (χ1n) is 11.2. The van der Waals surface area contributed by atoms with Gasteiger partial charge in [0.05, 0.1) is 18.6 Å². The maximum atomic E-state index is 11.6. The van der Waals surface area contributed by atoms with E-state index in [1.54, 1.807) is 0 Å². The molecule has 1 aromatic carbocycles. The molecule has 1 unspecified atom stereocenters. The zero-order valence-electron chi connectivity index (χ0n) is 18.7. The minimum absolute atomic E-state index is 0.0542. The number of rotatable bonds is 8. The van der Waals surface area contributed by atoms with Crippen molar-refractivity contribution in [3.8, 4) is 0 Å². The molecule has 1 saturated carbocycles. The highest BCUT2D eigenvalue weighted by Gasteiger charge is 2.49. The van der Waals surface area contributed by atoms with Crippen LogP contribution >= 0.6 is 0 Å². The molecule has 4 nitrogen and oxygen atoms in total. The van der Waals surface area contributed by atoms with Crippen molar-refractivity contribution in [2.24, 2.45) is 11.8 Å². The molecule has 29 heavy (non-hydrogen) atoms. The lowest BCUT2D eigenvalue weighted by atomic mass is 9.87. The van der Waals surface area contributed by atoms with Crippen LogP contribution in [0.15, 0.2) is 30.3 Å². The van der Waals surface area contributed by atoms with E-state index in [-0.39, 0.29) is 41.2 Å². The maximum Gasteiger partial charge on any atom is 0.306 e. The summed E-state index contributed by atoms with van der Waals surface area (Å²) in [5, 5.41) is 10.6. The number of unbranched alkanes of at least 4 members (excludes halogenated alkanes) is 1. The van der Waals surface area contributed by atoms with Crippen molar-refractivity contribution in [2.75, 3.05) is 0 Å². The molecule has 0 spiro atoms. The van der Waals surface area contributed by atoms with Crippen LogP contribution in [0.2, 0.25) is 18.1 Å². The third-order valence-electron chi connectivity index (χ3n) is 7.35. The predicted molar refractivity (Wildman–Crippen MR) is 118 cm³/mol. The van der Waals surface area contributed by atoms with Crippen LogP contribution in [0.4, 0.5) is 0 Å². The Balaban J connectivity index is 1.57. The van der Waals surface area contributed by atoms with E-state index < -0.39 is 8.32 Å². The molecule has 1 aliphatic heterocycles. The van der Waals surface area contributed by atoms with Gasteiger partial charge in [0.15, 0.2) is 8.32 Å². The second kappa shape index (κ2) is 8.91. The molecule has 1 saturated heterocycles. The fourth-order valence-corrected chi connectivity index (χ4v) is 5.91. The van der Waals surface area contributed by atoms with Gasteiger partial charge in [-0.1, -0.05) is 63.9 Å². The number of carbonyl (C=O) groups excluding carboxylic acids is 1. The number of carbonyl (C=O) groups is 1. The van der Waals surface area contributed by atoms with E-state index in [0.29, 0.717) is 12.8 Å². The minimum Gasteiger partial charge on any atom is -0.462 e. The molecule has 0 radical (unpaired) electrons. The van der Waals surface area contributed by atoms with Crippen molar-refractivity contribution in [2.45, 2.75) is 95.7 Å². The molecule has 0 aromatic heterocycles. The quantitative estimate of drug-likeness (QED) is 0.338. The number of ether oxygens (including phenoxy) is 1. The Labute approximate surface area is 177 Å². The van der Waals surface area contributed by atoms with Gasteiger partial charge < -0.3 is 14.3 Å². The van der Waals surface area contributed by atoms with Crippen molar-refractivity contribution < 1.29 is 19.1 Å². The number of hydrogen-bond donors (Lipinski definition) is 1. The van der Waals surface area contributed by atoms with Gasteiger partial charge >= 0.3 is 5.97 Å². The lowest BCUT2D eigenvalue weighted by Gasteiger charge is -2.39. The largest absolute Gasteiger partial charge is 0.462 e. The summed E-state index contributed by atoms with van der Waals surface area (Å²) in [5.74, 6) is 0.317. The molecule has 5 atom stereocenters. The van der Waals surface area contributed by atoms with Gasteiger partial charge in [-0.25, -0.2) is 0 Å². The standard InChI is InChI=1S/C24H38O4Si/c1-24(2,3)29(4,5)28-21(17-11-7-6-8-12-17)14-10-9-13-18-19-15-23(26)27-22(19)16-20(18)25/h6-8,11-12,18-22,25H,9-10,13-16H2,1-5H3/t18-,19-,20-,21?,22+/m1/s1. The van der Waals surface area contributed by atoms with Gasteiger partial charge in [0.25, 0.3) is 0 Å². The summed E-state index contributed by atoms with van der Waals surface area (Å²) in [4.78, 5) is 11.6. The maximum absolute atomic E-state index is 11.6. The van der Waals surface area contributed by atoms with Crippen LogP contribution in [0.3, 0.4) is 0 Å². The third-order valence-corrected chi connectivity index (χ3v) is 11.8. The molecule has 1 aromatic rings. The van der Waals surface area contributed by atoms with E-state index in [0.717, 1.165) is 25.7 Å². The van der Waals surface area contributed by atoms with Crippen LogP contribution in [0.25, 0.3) is 0 Å². The first-order valence-corrected chi connectivity index (χ1v) is 14.1. The van der Waals surface area contributed by atoms with Crippen LogP contribution in [0.5, 0.6) is 0 Å². The minimum atomic E-state index is -1.87. The molecule has 1 N–H and O–H groups in total. The topological polar surface area (TPSA) is 55.8 Å². The Morgan fingerprint density at radius 1 is 1.21 bits per heavy atom. The normalized spacial score (nSPS) is 28.3. The van der Waals surface area contributed by atoms with E-state index in [2.05, 4.69) is 64.2 Å².